The van der Waals surface area contributed by atoms with Crippen molar-refractivity contribution in [2.75, 3.05) is 6.54 Å². The summed E-state index contributed by atoms with van der Waals surface area (Å²) >= 11 is 0.835. The molecule has 64 valence electrons. The molecule has 0 bridgehead atoms. The number of nitrogens with one attached hydrogen (secondary N) is 1. The molecule has 12 heavy (non-hydrogen) atoms. The van der Waals surface area contributed by atoms with Crippen molar-refractivity contribution in [2.24, 2.45) is 0 Å². The summed E-state index contributed by atoms with van der Waals surface area (Å²) in [5.41, 5.74) is 4.86. The Morgan fingerprint density at radius 2 is 1.67 bits per heavy atom. The first-order valence-electron chi connectivity index (χ1n) is 3.95. The van der Waals surface area contributed by atoms with Gasteiger partial charge in [-0.1, -0.05) is 0 Å². The van der Waals surface area contributed by atoms with E-state index in [2.05, 4.69) is 23.2 Å². The summed E-state index contributed by atoms with van der Waals surface area (Å²) < 4.78 is 3.29. The van der Waals surface area contributed by atoms with E-state index < -0.39 is 0 Å². The van der Waals surface area contributed by atoms with Gasteiger partial charge in [0, 0.05) is 0 Å². The predicted octanol–water partition coefficient (Wildman–Crippen LogP) is 2.13. The molecule has 0 aliphatic rings. The molecule has 0 rings (SSSR count). The fourth-order valence-electron chi connectivity index (χ4n) is 0.963. The van der Waals surface area contributed by atoms with Crippen LogP contribution in [0.4, 0.5) is 0 Å². The van der Waals surface area contributed by atoms with Crippen LogP contribution in [0, 0.1) is 0 Å². The molecule has 1 N–H and O–H groups in total. The molecule has 0 saturated heterocycles. The van der Waals surface area contributed by atoms with Gasteiger partial charge in [-0.25, -0.2) is 0 Å². The molecule has 0 aliphatic heterocycles. The van der Waals surface area contributed by atoms with Gasteiger partial charge in [-0.3, -0.25) is 0 Å². The molecule has 0 amide bonds. The number of rotatable bonds is 4. The van der Waals surface area contributed by atoms with E-state index in [9.17, 15) is 0 Å². The Balaban J connectivity index is 4.80. The minimum absolute atomic E-state index is 0.835. The van der Waals surface area contributed by atoms with Gasteiger partial charge in [0.1, 0.15) is 0 Å². The Morgan fingerprint density at radius 1 is 1.17 bits per heavy atom. The van der Waals surface area contributed by atoms with E-state index in [1.807, 2.05) is 13.8 Å². The van der Waals surface area contributed by atoms with Gasteiger partial charge in [0.2, 0.25) is 0 Å². The second-order valence-electron chi connectivity index (χ2n) is 3.05. The molecule has 0 aromatic rings. The van der Waals surface area contributed by atoms with Gasteiger partial charge in [0.05, 0.1) is 0 Å². The summed E-state index contributed by atoms with van der Waals surface area (Å²) in [5.74, 6) is 0. The van der Waals surface area contributed by atoms with E-state index in [-0.39, 0.29) is 0 Å². The Kier molecular flexibility index (Phi) is 5.75. The summed E-state index contributed by atoms with van der Waals surface area (Å²) in [7, 11) is 0. The maximum absolute atomic E-state index is 3.96. The summed E-state index contributed by atoms with van der Waals surface area (Å²) in [6.45, 7) is 15.0. The first-order valence-corrected chi connectivity index (χ1v) is 6.20. The molecule has 0 saturated carbocycles. The van der Waals surface area contributed by atoms with E-state index in [4.69, 9.17) is 0 Å². The molecule has 2 heteroatoms. The molecule has 0 spiro atoms. The second-order valence-corrected chi connectivity index (χ2v) is 4.63. The average molecular weight is 355 g/mol. The van der Waals surface area contributed by atoms with Crippen LogP contribution in [0.3, 0.4) is 0 Å². The quantitative estimate of drug-likeness (QED) is 0.602. The SMILES string of the molecule is C=C(C)/C(C)=C(/C[NH][Tl])C(=C)C. The zero-order chi connectivity index (χ0) is 9.72. The van der Waals surface area contributed by atoms with Crippen molar-refractivity contribution in [1.82, 2.24) is 3.13 Å². The van der Waals surface area contributed by atoms with Gasteiger partial charge in [-0.05, 0) is 0 Å². The first kappa shape index (κ1) is 12.1. The van der Waals surface area contributed by atoms with Crippen LogP contribution in [-0.2, 0) is 0 Å². The van der Waals surface area contributed by atoms with Crippen LogP contribution < -0.4 is 3.13 Å². The van der Waals surface area contributed by atoms with Crippen LogP contribution in [0.1, 0.15) is 20.8 Å². The Hall–Kier alpha value is 0.102. The summed E-state index contributed by atoms with van der Waals surface area (Å²) in [4.78, 5) is 0. The van der Waals surface area contributed by atoms with Crippen LogP contribution in [0.25, 0.3) is 0 Å². The molecule has 0 heterocycles. The zero-order valence-corrected chi connectivity index (χ0v) is 12.7. The van der Waals surface area contributed by atoms with Crippen LogP contribution in [0.2, 0.25) is 0 Å². The van der Waals surface area contributed by atoms with Gasteiger partial charge >= 0.3 is 92.0 Å². The van der Waals surface area contributed by atoms with Gasteiger partial charge in [0.15, 0.2) is 0 Å². The summed E-state index contributed by atoms with van der Waals surface area (Å²) in [6, 6.07) is 0. The third kappa shape index (κ3) is 3.67. The Morgan fingerprint density at radius 3 is 1.92 bits per heavy atom. The summed E-state index contributed by atoms with van der Waals surface area (Å²) in [6.07, 6.45) is 0. The zero-order valence-electron chi connectivity index (χ0n) is 8.20. The number of hydrogen-bond donors (Lipinski definition) is 1. The second kappa shape index (κ2) is 5.70. The van der Waals surface area contributed by atoms with E-state index in [0.717, 1.165) is 43.8 Å². The van der Waals surface area contributed by atoms with Gasteiger partial charge < -0.3 is 0 Å². The van der Waals surface area contributed by atoms with Crippen molar-refractivity contribution in [3.63, 3.8) is 0 Å². The normalized spacial score (nSPS) is 12.2. The Bertz CT molecular complexity index is 226. The number of hydrogen-bond acceptors (Lipinski definition) is 1. The molecule has 0 radical (unpaired) electrons. The van der Waals surface area contributed by atoms with Crippen molar-refractivity contribution in [3.8, 4) is 0 Å². The molecule has 0 aromatic carbocycles. The van der Waals surface area contributed by atoms with Crippen molar-refractivity contribution in [2.45, 2.75) is 20.8 Å². The van der Waals surface area contributed by atoms with Crippen molar-refractivity contribution in [3.05, 3.63) is 35.5 Å². The molecule has 0 fully saturated rings. The molecule has 0 atom stereocenters. The van der Waals surface area contributed by atoms with Crippen molar-refractivity contribution >= 4 is 26.1 Å². The van der Waals surface area contributed by atoms with E-state index >= 15 is 0 Å². The van der Waals surface area contributed by atoms with Gasteiger partial charge in [-0.2, -0.15) is 0 Å². The van der Waals surface area contributed by atoms with Gasteiger partial charge in [-0.15, -0.1) is 0 Å². The van der Waals surface area contributed by atoms with E-state index in [1.165, 1.54) is 11.1 Å². The summed E-state index contributed by atoms with van der Waals surface area (Å²) in [5, 5.41) is 0. The molecule has 0 aromatic heterocycles. The van der Waals surface area contributed by atoms with Crippen LogP contribution in [0.15, 0.2) is 35.5 Å². The molecule has 0 aliphatic carbocycles. The fraction of sp³-hybridized carbons (Fsp3) is 0.400. The monoisotopic (exact) mass is 355 g/mol. The van der Waals surface area contributed by atoms with E-state index in [0.29, 0.717) is 0 Å². The third-order valence-corrected chi connectivity index (χ3v) is 2.68. The standard InChI is InChI=1S/C10H16N.Tl/c1-7(2)9(5)10(6-11)8(3)4;/h11H,1,3,6H2,2,4-5H3;/q-1;+1/b10-9-;. The minimum atomic E-state index is 0.835. The maximum atomic E-state index is 3.96. The molecule has 0 unspecified atom stereocenters. The Labute approximate surface area is 91.7 Å². The molecular weight excluding hydrogens is 339 g/mol. The van der Waals surface area contributed by atoms with Crippen LogP contribution in [-0.4, -0.2) is 32.6 Å². The number of allylic oxidation sites excluding steroid dienone is 2. The van der Waals surface area contributed by atoms with Crippen molar-refractivity contribution < 1.29 is 0 Å². The first-order chi connectivity index (χ1) is 5.50. The van der Waals surface area contributed by atoms with Crippen LogP contribution in [0.5, 0.6) is 0 Å². The average Bonchev–Trinajstić information content (AvgIpc) is 1.98. The molecule has 1 nitrogen and oxygen atoms in total. The predicted molar refractivity (Wildman–Crippen MR) is 56.1 cm³/mol. The van der Waals surface area contributed by atoms with Gasteiger partial charge in [0.25, 0.3) is 0 Å². The van der Waals surface area contributed by atoms with E-state index in [1.54, 1.807) is 0 Å². The van der Waals surface area contributed by atoms with Crippen molar-refractivity contribution in [1.29, 1.82) is 0 Å². The molecular formula is C10H16NTl. The third-order valence-electron chi connectivity index (χ3n) is 1.89. The van der Waals surface area contributed by atoms with Crippen LogP contribution >= 0.6 is 0 Å². The topological polar surface area (TPSA) is 12.0 Å². The fourth-order valence-corrected chi connectivity index (χ4v) is 1.76.